The maximum absolute atomic E-state index is 11.8. The minimum atomic E-state index is -3.80. The third kappa shape index (κ3) is 6.72. The Kier molecular flexibility index (Phi) is 6.91. The standard InChI is InChI=1S/C18H20N2O6S/c1-13-4-2-3-5-16(13)25-11-10-18(22)26-12-17(21)20-14-6-8-15(9-7-14)27(19,23)24/h2-9H,10-12H2,1H3,(H,20,21)(H2,19,23,24). The number of nitrogens with two attached hydrogens (primary N) is 1. The van der Waals surface area contributed by atoms with E-state index in [9.17, 15) is 18.0 Å². The van der Waals surface area contributed by atoms with Crippen LogP contribution in [0.3, 0.4) is 0 Å². The number of sulfonamides is 1. The van der Waals surface area contributed by atoms with Crippen LogP contribution in [-0.4, -0.2) is 33.5 Å². The Labute approximate surface area is 157 Å². The van der Waals surface area contributed by atoms with Gasteiger partial charge in [0.2, 0.25) is 10.0 Å². The molecule has 0 fully saturated rings. The third-order valence-electron chi connectivity index (χ3n) is 3.49. The van der Waals surface area contributed by atoms with E-state index in [1.165, 1.54) is 24.3 Å². The van der Waals surface area contributed by atoms with Gasteiger partial charge in [-0.3, -0.25) is 9.59 Å². The number of aryl methyl sites for hydroxylation is 1. The molecule has 0 saturated heterocycles. The molecular weight excluding hydrogens is 372 g/mol. The van der Waals surface area contributed by atoms with E-state index in [0.717, 1.165) is 5.56 Å². The Balaban J connectivity index is 1.72. The zero-order valence-electron chi connectivity index (χ0n) is 14.7. The van der Waals surface area contributed by atoms with Gasteiger partial charge >= 0.3 is 5.97 Å². The Morgan fingerprint density at radius 3 is 2.37 bits per heavy atom. The summed E-state index contributed by atoms with van der Waals surface area (Å²) in [5.41, 5.74) is 1.31. The second kappa shape index (κ2) is 9.15. The van der Waals surface area contributed by atoms with Gasteiger partial charge in [-0.25, -0.2) is 13.6 Å². The predicted molar refractivity (Wildman–Crippen MR) is 98.7 cm³/mol. The highest BCUT2D eigenvalue weighted by molar-refractivity contribution is 7.89. The SMILES string of the molecule is Cc1ccccc1OCCC(=O)OCC(=O)Nc1ccc(S(N)(=O)=O)cc1. The molecule has 0 bridgehead atoms. The van der Waals surface area contributed by atoms with Crippen LogP contribution in [0.1, 0.15) is 12.0 Å². The van der Waals surface area contributed by atoms with Gasteiger partial charge in [-0.2, -0.15) is 0 Å². The molecule has 2 aromatic rings. The third-order valence-corrected chi connectivity index (χ3v) is 4.42. The number of carbonyl (C=O) groups is 2. The average Bonchev–Trinajstić information content (AvgIpc) is 2.61. The summed E-state index contributed by atoms with van der Waals surface area (Å²) in [6.45, 7) is 1.58. The van der Waals surface area contributed by atoms with Gasteiger partial charge in [-0.15, -0.1) is 0 Å². The molecule has 8 nitrogen and oxygen atoms in total. The second-order valence-electron chi connectivity index (χ2n) is 5.64. The zero-order valence-corrected chi connectivity index (χ0v) is 15.5. The molecule has 0 atom stereocenters. The molecule has 27 heavy (non-hydrogen) atoms. The van der Waals surface area contributed by atoms with E-state index in [2.05, 4.69) is 5.32 Å². The summed E-state index contributed by atoms with van der Waals surface area (Å²) in [6.07, 6.45) is 0.00463. The number of carbonyl (C=O) groups excluding carboxylic acids is 2. The van der Waals surface area contributed by atoms with Crippen LogP contribution in [0.4, 0.5) is 5.69 Å². The molecule has 2 aromatic carbocycles. The number of para-hydroxylation sites is 1. The van der Waals surface area contributed by atoms with Crippen LogP contribution in [0.2, 0.25) is 0 Å². The molecule has 0 aliphatic heterocycles. The van der Waals surface area contributed by atoms with Gasteiger partial charge in [0.05, 0.1) is 17.9 Å². The molecule has 0 unspecified atom stereocenters. The number of primary sulfonamides is 1. The molecule has 0 radical (unpaired) electrons. The van der Waals surface area contributed by atoms with Crippen LogP contribution >= 0.6 is 0 Å². The molecule has 3 N–H and O–H groups in total. The Morgan fingerprint density at radius 1 is 1.07 bits per heavy atom. The lowest BCUT2D eigenvalue weighted by Crippen LogP contribution is -2.21. The molecule has 144 valence electrons. The summed E-state index contributed by atoms with van der Waals surface area (Å²) in [5, 5.41) is 7.47. The number of ether oxygens (including phenoxy) is 2. The summed E-state index contributed by atoms with van der Waals surface area (Å²) in [7, 11) is -3.80. The highest BCUT2D eigenvalue weighted by atomic mass is 32.2. The Hall–Kier alpha value is -2.91. The number of hydrogen-bond acceptors (Lipinski definition) is 6. The fourth-order valence-electron chi connectivity index (χ4n) is 2.11. The van der Waals surface area contributed by atoms with Crippen LogP contribution in [0, 0.1) is 6.92 Å². The lowest BCUT2D eigenvalue weighted by Gasteiger charge is -2.09. The lowest BCUT2D eigenvalue weighted by molar-refractivity contribution is -0.147. The maximum atomic E-state index is 11.8. The minimum Gasteiger partial charge on any atom is -0.493 e. The first-order chi connectivity index (χ1) is 12.8. The minimum absolute atomic E-state index is 0.00463. The molecule has 1 amide bonds. The molecule has 9 heteroatoms. The van der Waals surface area contributed by atoms with Crippen molar-refractivity contribution in [2.75, 3.05) is 18.5 Å². The quantitative estimate of drug-likeness (QED) is 0.657. The lowest BCUT2D eigenvalue weighted by atomic mass is 10.2. The van der Waals surface area contributed by atoms with E-state index in [0.29, 0.717) is 11.4 Å². The van der Waals surface area contributed by atoms with Crippen molar-refractivity contribution in [3.63, 3.8) is 0 Å². The van der Waals surface area contributed by atoms with Crippen LogP contribution in [0.15, 0.2) is 53.4 Å². The molecular formula is C18H20N2O6S. The van der Waals surface area contributed by atoms with Gasteiger partial charge in [0, 0.05) is 5.69 Å². The van der Waals surface area contributed by atoms with Gasteiger partial charge in [0.15, 0.2) is 6.61 Å². The van der Waals surface area contributed by atoms with Gasteiger partial charge in [-0.05, 0) is 42.8 Å². The summed E-state index contributed by atoms with van der Waals surface area (Å²) < 4.78 is 32.7. The first-order valence-electron chi connectivity index (χ1n) is 8.02. The van der Waals surface area contributed by atoms with Crippen molar-refractivity contribution < 1.29 is 27.5 Å². The van der Waals surface area contributed by atoms with Crippen molar-refractivity contribution in [2.24, 2.45) is 5.14 Å². The fraction of sp³-hybridized carbons (Fsp3) is 0.222. The van der Waals surface area contributed by atoms with E-state index in [4.69, 9.17) is 14.6 Å². The summed E-state index contributed by atoms with van der Waals surface area (Å²) in [5.74, 6) is -0.430. The molecule has 0 aliphatic carbocycles. The van der Waals surface area contributed by atoms with Crippen molar-refractivity contribution >= 4 is 27.6 Å². The molecule has 2 rings (SSSR count). The molecule has 0 aliphatic rings. The number of nitrogens with one attached hydrogen (secondary N) is 1. The second-order valence-corrected chi connectivity index (χ2v) is 7.20. The first kappa shape index (κ1) is 20.4. The maximum Gasteiger partial charge on any atom is 0.309 e. The number of amides is 1. The predicted octanol–water partition coefficient (Wildman–Crippen LogP) is 1.59. The highest BCUT2D eigenvalue weighted by Crippen LogP contribution is 2.16. The molecule has 0 spiro atoms. The summed E-state index contributed by atoms with van der Waals surface area (Å²) >= 11 is 0. The first-order valence-corrected chi connectivity index (χ1v) is 9.57. The van der Waals surface area contributed by atoms with Crippen molar-refractivity contribution in [3.05, 3.63) is 54.1 Å². The van der Waals surface area contributed by atoms with Crippen LogP contribution in [0.25, 0.3) is 0 Å². The van der Waals surface area contributed by atoms with Gasteiger partial charge < -0.3 is 14.8 Å². The summed E-state index contributed by atoms with van der Waals surface area (Å²) in [6, 6.07) is 12.7. The number of rotatable bonds is 8. The van der Waals surface area contributed by atoms with E-state index in [1.807, 2.05) is 25.1 Å². The van der Waals surface area contributed by atoms with Crippen molar-refractivity contribution in [3.8, 4) is 5.75 Å². The van der Waals surface area contributed by atoms with Crippen LogP contribution < -0.4 is 15.2 Å². The number of anilines is 1. The van der Waals surface area contributed by atoms with Crippen molar-refractivity contribution in [1.82, 2.24) is 0 Å². The Morgan fingerprint density at radius 2 is 1.74 bits per heavy atom. The summed E-state index contributed by atoms with van der Waals surface area (Å²) in [4.78, 5) is 23.4. The molecule has 0 heterocycles. The van der Waals surface area contributed by atoms with Crippen LogP contribution in [-0.2, 0) is 24.3 Å². The average molecular weight is 392 g/mol. The van der Waals surface area contributed by atoms with Gasteiger partial charge in [-0.1, -0.05) is 18.2 Å². The van der Waals surface area contributed by atoms with E-state index >= 15 is 0 Å². The van der Waals surface area contributed by atoms with Crippen molar-refractivity contribution in [2.45, 2.75) is 18.2 Å². The van der Waals surface area contributed by atoms with E-state index < -0.39 is 28.5 Å². The monoisotopic (exact) mass is 392 g/mol. The molecule has 0 aromatic heterocycles. The fourth-order valence-corrected chi connectivity index (χ4v) is 2.62. The highest BCUT2D eigenvalue weighted by Gasteiger charge is 2.10. The normalized spacial score (nSPS) is 10.9. The number of benzene rings is 2. The topological polar surface area (TPSA) is 125 Å². The Bertz CT molecular complexity index is 910. The van der Waals surface area contributed by atoms with E-state index in [1.54, 1.807) is 6.07 Å². The van der Waals surface area contributed by atoms with Crippen molar-refractivity contribution in [1.29, 1.82) is 0 Å². The molecule has 0 saturated carbocycles. The number of hydrogen-bond donors (Lipinski definition) is 2. The van der Waals surface area contributed by atoms with Crippen LogP contribution in [0.5, 0.6) is 5.75 Å². The smallest absolute Gasteiger partial charge is 0.309 e. The zero-order chi connectivity index (χ0) is 19.9. The van der Waals surface area contributed by atoms with Gasteiger partial charge in [0.25, 0.3) is 5.91 Å². The van der Waals surface area contributed by atoms with Gasteiger partial charge in [0.1, 0.15) is 5.75 Å². The largest absolute Gasteiger partial charge is 0.493 e. The van der Waals surface area contributed by atoms with E-state index in [-0.39, 0.29) is 17.9 Å². The number of esters is 1.